The molecule has 1 aromatic heterocycles. The molecule has 3 N–H and O–H groups in total. The molecule has 0 bridgehead atoms. The van der Waals surface area contributed by atoms with Crippen LogP contribution in [0.1, 0.15) is 20.1 Å². The van der Waals surface area contributed by atoms with Gasteiger partial charge in [0.1, 0.15) is 0 Å². The molecule has 1 aliphatic heterocycles. The number of morpholine rings is 1. The molecule has 20 heavy (non-hydrogen) atoms. The fourth-order valence-electron chi connectivity index (χ4n) is 2.01. The monoisotopic (exact) mass is 294 g/mol. The van der Waals surface area contributed by atoms with Gasteiger partial charge in [-0.3, -0.25) is 4.79 Å². The van der Waals surface area contributed by atoms with E-state index in [1.165, 1.54) is 11.3 Å². The normalized spacial score (nSPS) is 18.6. The third-order valence-corrected chi connectivity index (χ3v) is 4.20. The van der Waals surface area contributed by atoms with E-state index in [9.17, 15) is 4.79 Å². The van der Waals surface area contributed by atoms with E-state index in [1.54, 1.807) is 4.90 Å². The second kappa shape index (κ2) is 6.86. The molecule has 0 aromatic carbocycles. The number of aryl methyl sites for hydroxylation is 1. The van der Waals surface area contributed by atoms with Crippen LogP contribution in [-0.2, 0) is 4.74 Å². The molecule has 0 saturated carbocycles. The molecule has 1 aliphatic rings. The summed E-state index contributed by atoms with van der Waals surface area (Å²) in [5.41, 5.74) is 6.35. The molecule has 1 aromatic rings. The molecule has 2 heterocycles. The number of aliphatic hydroxyl groups is 1. The smallest absolute Gasteiger partial charge is 0.264 e. The van der Waals surface area contributed by atoms with E-state index < -0.39 is 0 Å². The highest BCUT2D eigenvalue weighted by molar-refractivity contribution is 7.14. The summed E-state index contributed by atoms with van der Waals surface area (Å²) < 4.78 is 5.35. The predicted octanol–water partition coefficient (Wildman–Crippen LogP) is 0.200. The Hall–Kier alpha value is -1.39. The minimum Gasteiger partial charge on any atom is -0.394 e. The maximum atomic E-state index is 12.4. The van der Waals surface area contributed by atoms with Crippen LogP contribution in [0.15, 0.2) is 6.07 Å². The number of thiophene rings is 1. The third kappa shape index (κ3) is 3.38. The van der Waals surface area contributed by atoms with Gasteiger partial charge in [0.25, 0.3) is 5.91 Å². The first kappa shape index (κ1) is 15.0. The van der Waals surface area contributed by atoms with E-state index >= 15 is 0 Å². The van der Waals surface area contributed by atoms with Crippen LogP contribution in [0, 0.1) is 18.8 Å². The number of nitrogens with two attached hydrogens (primary N) is 1. The van der Waals surface area contributed by atoms with Crippen molar-refractivity contribution in [1.29, 1.82) is 0 Å². The van der Waals surface area contributed by atoms with Crippen LogP contribution in [-0.4, -0.2) is 54.9 Å². The quantitative estimate of drug-likeness (QED) is 0.764. The van der Waals surface area contributed by atoms with Gasteiger partial charge in [-0.2, -0.15) is 0 Å². The molecule has 6 heteroatoms. The third-order valence-electron chi connectivity index (χ3n) is 3.06. The number of carbonyl (C=O) groups excluding carboxylic acids is 1. The lowest BCUT2D eigenvalue weighted by Gasteiger charge is -2.31. The molecule has 1 unspecified atom stereocenters. The second-order valence-corrected chi connectivity index (χ2v) is 5.61. The molecule has 1 fully saturated rings. The zero-order valence-corrected chi connectivity index (χ0v) is 12.2. The second-order valence-electron chi connectivity index (χ2n) is 4.56. The molecule has 1 saturated heterocycles. The fourth-order valence-corrected chi connectivity index (χ4v) is 3.03. The SMILES string of the molecule is Cc1cc(C(=O)N2CCOC(CO)C2)sc1C#CCN. The van der Waals surface area contributed by atoms with Crippen LogP contribution in [0.5, 0.6) is 0 Å². The Morgan fingerprint density at radius 1 is 1.70 bits per heavy atom. The molecule has 1 atom stereocenters. The minimum atomic E-state index is -0.287. The van der Waals surface area contributed by atoms with E-state index in [0.29, 0.717) is 31.1 Å². The van der Waals surface area contributed by atoms with Gasteiger partial charge in [-0.25, -0.2) is 0 Å². The molecule has 108 valence electrons. The number of amides is 1. The van der Waals surface area contributed by atoms with Gasteiger partial charge in [-0.05, 0) is 18.6 Å². The average Bonchev–Trinajstić information content (AvgIpc) is 2.85. The van der Waals surface area contributed by atoms with Crippen LogP contribution in [0.4, 0.5) is 0 Å². The van der Waals surface area contributed by atoms with E-state index in [4.69, 9.17) is 15.6 Å². The highest BCUT2D eigenvalue weighted by Crippen LogP contribution is 2.23. The first-order valence-corrected chi connectivity index (χ1v) is 7.28. The number of carbonyl (C=O) groups is 1. The lowest BCUT2D eigenvalue weighted by Crippen LogP contribution is -2.46. The van der Waals surface area contributed by atoms with Crippen molar-refractivity contribution in [2.45, 2.75) is 13.0 Å². The Labute approximate surface area is 122 Å². The fraction of sp³-hybridized carbons (Fsp3) is 0.500. The number of rotatable bonds is 2. The van der Waals surface area contributed by atoms with Crippen molar-refractivity contribution in [3.05, 3.63) is 21.4 Å². The van der Waals surface area contributed by atoms with E-state index in [1.807, 2.05) is 13.0 Å². The number of hydrogen-bond donors (Lipinski definition) is 2. The topological polar surface area (TPSA) is 75.8 Å². The van der Waals surface area contributed by atoms with Crippen LogP contribution >= 0.6 is 11.3 Å². The number of hydrogen-bond acceptors (Lipinski definition) is 5. The Morgan fingerprint density at radius 3 is 3.20 bits per heavy atom. The van der Waals surface area contributed by atoms with Crippen molar-refractivity contribution in [3.8, 4) is 11.8 Å². The van der Waals surface area contributed by atoms with E-state index in [2.05, 4.69) is 11.8 Å². The van der Waals surface area contributed by atoms with Crippen molar-refractivity contribution in [2.24, 2.45) is 5.73 Å². The molecule has 0 spiro atoms. The number of ether oxygens (including phenoxy) is 1. The maximum absolute atomic E-state index is 12.4. The molecule has 1 amide bonds. The average molecular weight is 294 g/mol. The maximum Gasteiger partial charge on any atom is 0.264 e. The molecule has 5 nitrogen and oxygen atoms in total. The van der Waals surface area contributed by atoms with Crippen LogP contribution < -0.4 is 5.73 Å². The van der Waals surface area contributed by atoms with Gasteiger partial charge in [0.05, 0.1) is 35.6 Å². The van der Waals surface area contributed by atoms with E-state index in [0.717, 1.165) is 10.4 Å². The van der Waals surface area contributed by atoms with Gasteiger partial charge in [0.15, 0.2) is 0 Å². The van der Waals surface area contributed by atoms with Gasteiger partial charge in [0.2, 0.25) is 0 Å². The molecule has 2 rings (SSSR count). The Kier molecular flexibility index (Phi) is 5.15. The van der Waals surface area contributed by atoms with Crippen molar-refractivity contribution >= 4 is 17.2 Å². The number of nitrogens with zero attached hydrogens (tertiary/aromatic N) is 1. The van der Waals surface area contributed by atoms with Gasteiger partial charge < -0.3 is 20.5 Å². The highest BCUT2D eigenvalue weighted by Gasteiger charge is 2.25. The summed E-state index contributed by atoms with van der Waals surface area (Å²) in [6.07, 6.45) is -0.287. The summed E-state index contributed by atoms with van der Waals surface area (Å²) in [6.45, 7) is 3.61. The van der Waals surface area contributed by atoms with Crippen molar-refractivity contribution < 1.29 is 14.6 Å². The van der Waals surface area contributed by atoms with Gasteiger partial charge in [-0.15, -0.1) is 11.3 Å². The van der Waals surface area contributed by atoms with Crippen molar-refractivity contribution in [3.63, 3.8) is 0 Å². The summed E-state index contributed by atoms with van der Waals surface area (Å²) in [7, 11) is 0. The van der Waals surface area contributed by atoms with Gasteiger partial charge in [0, 0.05) is 13.1 Å². The van der Waals surface area contributed by atoms with Gasteiger partial charge in [-0.1, -0.05) is 11.8 Å². The standard InChI is InChI=1S/C14H18N2O3S/c1-10-7-13(20-12(10)3-2-4-15)14(18)16-5-6-19-11(8-16)9-17/h7,11,17H,4-6,8-9,15H2,1H3. The Bertz CT molecular complexity index is 544. The first-order chi connectivity index (χ1) is 9.65. The summed E-state index contributed by atoms with van der Waals surface area (Å²) >= 11 is 1.39. The summed E-state index contributed by atoms with van der Waals surface area (Å²) in [4.78, 5) is 15.7. The Balaban J connectivity index is 2.13. The molecular weight excluding hydrogens is 276 g/mol. The highest BCUT2D eigenvalue weighted by atomic mass is 32.1. The van der Waals surface area contributed by atoms with Gasteiger partial charge >= 0.3 is 0 Å². The minimum absolute atomic E-state index is 0.0272. The van der Waals surface area contributed by atoms with Crippen LogP contribution in [0.3, 0.4) is 0 Å². The van der Waals surface area contributed by atoms with E-state index in [-0.39, 0.29) is 18.6 Å². The number of aliphatic hydroxyl groups excluding tert-OH is 1. The van der Waals surface area contributed by atoms with Crippen molar-refractivity contribution in [2.75, 3.05) is 32.8 Å². The zero-order chi connectivity index (χ0) is 14.5. The van der Waals surface area contributed by atoms with Crippen LogP contribution in [0.25, 0.3) is 0 Å². The summed E-state index contributed by atoms with van der Waals surface area (Å²) in [5, 5.41) is 9.12. The first-order valence-electron chi connectivity index (χ1n) is 6.46. The molecule has 0 radical (unpaired) electrons. The largest absolute Gasteiger partial charge is 0.394 e. The predicted molar refractivity (Wildman–Crippen MR) is 77.7 cm³/mol. The summed E-state index contributed by atoms with van der Waals surface area (Å²) in [6, 6.07) is 1.86. The Morgan fingerprint density at radius 2 is 2.50 bits per heavy atom. The van der Waals surface area contributed by atoms with Crippen molar-refractivity contribution in [1.82, 2.24) is 4.90 Å². The summed E-state index contributed by atoms with van der Waals surface area (Å²) in [5.74, 6) is 5.76. The molecule has 0 aliphatic carbocycles. The molecular formula is C14H18N2O3S. The lowest BCUT2D eigenvalue weighted by atomic mass is 10.2. The lowest BCUT2D eigenvalue weighted by molar-refractivity contribution is -0.0446. The van der Waals surface area contributed by atoms with Crippen LogP contribution in [0.2, 0.25) is 0 Å². The zero-order valence-electron chi connectivity index (χ0n) is 11.4.